The molecule has 0 unspecified atom stereocenters. The highest BCUT2D eigenvalue weighted by Crippen LogP contribution is 2.37. The highest BCUT2D eigenvalue weighted by molar-refractivity contribution is 7.89. The number of sulfonamides is 1. The van der Waals surface area contributed by atoms with Gasteiger partial charge in [0, 0.05) is 19.3 Å². The quantitative estimate of drug-likeness (QED) is 0.662. The molecule has 3 aromatic heterocycles. The molecule has 8 nitrogen and oxygen atoms in total. The first-order valence-corrected chi connectivity index (χ1v) is 10.8. The first-order valence-electron chi connectivity index (χ1n) is 8.44. The summed E-state index contributed by atoms with van der Waals surface area (Å²) in [7, 11) is -3.68. The lowest BCUT2D eigenvalue weighted by atomic mass is 10.2. The highest BCUT2D eigenvalue weighted by atomic mass is 32.2. The molecule has 10 heteroatoms. The summed E-state index contributed by atoms with van der Waals surface area (Å²) in [4.78, 5) is 1.11. The molecule has 1 aliphatic rings. The van der Waals surface area contributed by atoms with Crippen LogP contribution in [0.15, 0.2) is 33.0 Å². The number of aryl methyl sites for hydroxylation is 2. The van der Waals surface area contributed by atoms with Crippen molar-refractivity contribution < 1.29 is 12.8 Å². The summed E-state index contributed by atoms with van der Waals surface area (Å²) in [5, 5.41) is 14.4. The van der Waals surface area contributed by atoms with Gasteiger partial charge in [-0.2, -0.15) is 9.40 Å². The smallest absolute Gasteiger partial charge is 0.257 e. The topological polar surface area (TPSA) is 94.1 Å². The lowest BCUT2D eigenvalue weighted by molar-refractivity contribution is 0.332. The molecule has 1 atom stereocenters. The summed E-state index contributed by atoms with van der Waals surface area (Å²) in [6.07, 6.45) is 3.00. The van der Waals surface area contributed by atoms with Gasteiger partial charge in [-0.05, 0) is 38.1 Å². The lowest BCUT2D eigenvalue weighted by Gasteiger charge is -2.20. The van der Waals surface area contributed by atoms with E-state index in [-0.39, 0.29) is 4.90 Å². The zero-order valence-corrected chi connectivity index (χ0v) is 16.1. The fourth-order valence-electron chi connectivity index (χ4n) is 3.18. The van der Waals surface area contributed by atoms with Crippen LogP contribution in [0.5, 0.6) is 0 Å². The van der Waals surface area contributed by atoms with Crippen molar-refractivity contribution in [2.45, 2.75) is 44.2 Å². The molecule has 0 aromatic carbocycles. The number of rotatable bonds is 5. The van der Waals surface area contributed by atoms with E-state index in [2.05, 4.69) is 15.3 Å². The van der Waals surface area contributed by atoms with E-state index in [0.29, 0.717) is 37.0 Å². The second-order valence-corrected chi connectivity index (χ2v) is 8.94. The molecule has 1 saturated heterocycles. The third kappa shape index (κ3) is 2.87. The van der Waals surface area contributed by atoms with Crippen LogP contribution in [0.2, 0.25) is 0 Å². The van der Waals surface area contributed by atoms with Crippen molar-refractivity contribution in [3.63, 3.8) is 0 Å². The second kappa shape index (κ2) is 6.60. The molecule has 0 amide bonds. The predicted molar refractivity (Wildman–Crippen MR) is 96.1 cm³/mol. The summed E-state index contributed by atoms with van der Waals surface area (Å²) in [5.41, 5.74) is 0.502. The Morgan fingerprint density at radius 3 is 2.92 bits per heavy atom. The Morgan fingerprint density at radius 2 is 2.23 bits per heavy atom. The second-order valence-electron chi connectivity index (χ2n) is 6.13. The Morgan fingerprint density at radius 1 is 1.38 bits per heavy atom. The van der Waals surface area contributed by atoms with Crippen LogP contribution in [-0.4, -0.2) is 39.2 Å². The van der Waals surface area contributed by atoms with Gasteiger partial charge in [-0.25, -0.2) is 8.42 Å². The predicted octanol–water partition coefficient (Wildman–Crippen LogP) is 2.85. The molecule has 138 valence electrons. The first-order chi connectivity index (χ1) is 12.5. The molecular formula is C16H19N5O3S2. The van der Waals surface area contributed by atoms with Crippen molar-refractivity contribution in [3.8, 4) is 10.8 Å². The lowest BCUT2D eigenvalue weighted by Crippen LogP contribution is -2.31. The number of thiophene rings is 1. The summed E-state index contributed by atoms with van der Waals surface area (Å²) in [5.74, 6) is 0.768. The van der Waals surface area contributed by atoms with Gasteiger partial charge < -0.3 is 4.42 Å². The summed E-state index contributed by atoms with van der Waals surface area (Å²) in [6, 6.07) is 3.36. The zero-order chi connectivity index (χ0) is 18.3. The van der Waals surface area contributed by atoms with E-state index in [4.69, 9.17) is 4.42 Å². The van der Waals surface area contributed by atoms with Gasteiger partial charge >= 0.3 is 0 Å². The minimum Gasteiger partial charge on any atom is -0.418 e. The normalized spacial score (nSPS) is 18.6. The fraction of sp³-hybridized carbons (Fsp3) is 0.438. The molecule has 4 heterocycles. The summed E-state index contributed by atoms with van der Waals surface area (Å²) >= 11 is 1.50. The maximum absolute atomic E-state index is 13.2. The molecule has 0 aliphatic carbocycles. The largest absolute Gasteiger partial charge is 0.418 e. The molecule has 0 spiro atoms. The van der Waals surface area contributed by atoms with E-state index in [0.717, 1.165) is 11.3 Å². The van der Waals surface area contributed by atoms with Crippen molar-refractivity contribution in [1.29, 1.82) is 0 Å². The summed E-state index contributed by atoms with van der Waals surface area (Å²) < 4.78 is 35.3. The van der Waals surface area contributed by atoms with Crippen LogP contribution in [0.4, 0.5) is 0 Å². The molecule has 1 fully saturated rings. The Hall–Kier alpha value is -2.04. The molecule has 0 radical (unpaired) electrons. The summed E-state index contributed by atoms with van der Waals surface area (Å²) in [6.45, 7) is 4.69. The average molecular weight is 393 g/mol. The number of aromatic nitrogens is 4. The van der Waals surface area contributed by atoms with Crippen LogP contribution in [0.1, 0.15) is 37.4 Å². The van der Waals surface area contributed by atoms with Gasteiger partial charge in [-0.15, -0.1) is 21.5 Å². The van der Waals surface area contributed by atoms with Gasteiger partial charge in [-0.3, -0.25) is 4.68 Å². The monoisotopic (exact) mass is 393 g/mol. The van der Waals surface area contributed by atoms with Gasteiger partial charge in [0.05, 0.1) is 10.6 Å². The number of nitrogens with zero attached hydrogens (tertiary/aromatic N) is 5. The van der Waals surface area contributed by atoms with Gasteiger partial charge in [0.25, 0.3) is 5.89 Å². The van der Waals surface area contributed by atoms with Gasteiger partial charge in [-0.1, -0.05) is 6.07 Å². The van der Waals surface area contributed by atoms with Crippen LogP contribution >= 0.6 is 11.3 Å². The molecule has 4 rings (SSSR count). The van der Waals surface area contributed by atoms with E-state index < -0.39 is 16.1 Å². The van der Waals surface area contributed by atoms with E-state index in [1.54, 1.807) is 17.8 Å². The molecular weight excluding hydrogens is 374 g/mol. The maximum Gasteiger partial charge on any atom is 0.257 e. The van der Waals surface area contributed by atoms with Gasteiger partial charge in [0.2, 0.25) is 15.9 Å². The third-order valence-corrected chi connectivity index (χ3v) is 7.34. The Bertz CT molecular complexity index is 1010. The Labute approximate surface area is 155 Å². The standard InChI is InChI=1S/C16H19N5O3S2/c1-3-20-10-14(11(2)19-20)26(22,23)21-8-4-6-12(21)15-17-18-16(24-15)13-7-5-9-25-13/h5,7,9-10,12H,3-4,6,8H2,1-2H3/t12-/m1/s1. The van der Waals surface area contributed by atoms with E-state index in [9.17, 15) is 8.42 Å². The van der Waals surface area contributed by atoms with Crippen molar-refractivity contribution in [2.75, 3.05) is 6.54 Å². The minimum atomic E-state index is -3.68. The van der Waals surface area contributed by atoms with Crippen LogP contribution < -0.4 is 0 Å². The van der Waals surface area contributed by atoms with E-state index in [1.807, 2.05) is 24.4 Å². The van der Waals surface area contributed by atoms with E-state index >= 15 is 0 Å². The maximum atomic E-state index is 13.2. The van der Waals surface area contributed by atoms with Gasteiger partial charge in [0.15, 0.2) is 0 Å². The number of hydrogen-bond acceptors (Lipinski definition) is 7. The fourth-order valence-corrected chi connectivity index (χ4v) is 5.65. The van der Waals surface area contributed by atoms with Crippen LogP contribution in [0, 0.1) is 6.92 Å². The average Bonchev–Trinajstić information content (AvgIpc) is 3.37. The highest BCUT2D eigenvalue weighted by Gasteiger charge is 2.40. The van der Waals surface area contributed by atoms with Crippen LogP contribution in [-0.2, 0) is 16.6 Å². The molecule has 0 bridgehead atoms. The van der Waals surface area contributed by atoms with Crippen LogP contribution in [0.25, 0.3) is 10.8 Å². The van der Waals surface area contributed by atoms with Gasteiger partial charge in [0.1, 0.15) is 10.9 Å². The van der Waals surface area contributed by atoms with E-state index in [1.165, 1.54) is 15.6 Å². The van der Waals surface area contributed by atoms with Crippen molar-refractivity contribution in [1.82, 2.24) is 24.3 Å². The Balaban J connectivity index is 1.67. The molecule has 26 heavy (non-hydrogen) atoms. The first kappa shape index (κ1) is 17.4. The van der Waals surface area contributed by atoms with Crippen molar-refractivity contribution >= 4 is 21.4 Å². The van der Waals surface area contributed by atoms with Crippen molar-refractivity contribution in [2.24, 2.45) is 0 Å². The Kier molecular flexibility index (Phi) is 4.41. The SMILES string of the molecule is CCn1cc(S(=O)(=O)N2CCC[C@@H]2c2nnc(-c3cccs3)o2)c(C)n1. The molecule has 0 N–H and O–H groups in total. The molecule has 1 aliphatic heterocycles. The van der Waals surface area contributed by atoms with Crippen molar-refractivity contribution in [3.05, 3.63) is 35.3 Å². The zero-order valence-electron chi connectivity index (χ0n) is 14.5. The van der Waals surface area contributed by atoms with Crippen LogP contribution in [0.3, 0.4) is 0 Å². The number of hydrogen-bond donors (Lipinski definition) is 0. The third-order valence-electron chi connectivity index (χ3n) is 4.47. The minimum absolute atomic E-state index is 0.240. The molecule has 3 aromatic rings. The molecule has 0 saturated carbocycles.